The first kappa shape index (κ1) is 9.04. The highest BCUT2D eigenvalue weighted by Crippen LogP contribution is 2.58. The van der Waals surface area contributed by atoms with Gasteiger partial charge in [0.15, 0.2) is 0 Å². The number of methoxy groups -OCH3 is 1. The Bertz CT molecular complexity index is 236. The maximum Gasteiger partial charge on any atom is 0.311 e. The average molecular weight is 182 g/mol. The van der Waals surface area contributed by atoms with Crippen LogP contribution in [0.2, 0.25) is 0 Å². The van der Waals surface area contributed by atoms with Crippen molar-refractivity contribution in [2.45, 2.75) is 45.4 Å². The number of hydrogen-bond acceptors (Lipinski definition) is 2. The summed E-state index contributed by atoms with van der Waals surface area (Å²) in [5.74, 6) is 0.0379. The molecule has 0 aliphatic heterocycles. The van der Waals surface area contributed by atoms with Crippen LogP contribution in [0.15, 0.2) is 0 Å². The lowest BCUT2D eigenvalue weighted by Crippen LogP contribution is -2.34. The Morgan fingerprint density at radius 1 is 1.23 bits per heavy atom. The van der Waals surface area contributed by atoms with Gasteiger partial charge in [0.05, 0.1) is 12.5 Å². The number of rotatable bonds is 1. The van der Waals surface area contributed by atoms with Gasteiger partial charge in [-0.25, -0.2) is 0 Å². The molecule has 0 saturated heterocycles. The van der Waals surface area contributed by atoms with E-state index in [0.717, 1.165) is 19.3 Å². The molecule has 2 nitrogen and oxygen atoms in total. The van der Waals surface area contributed by atoms with Crippen LogP contribution in [0.3, 0.4) is 0 Å². The Morgan fingerprint density at radius 2 is 2.00 bits per heavy atom. The van der Waals surface area contributed by atoms with E-state index in [1.165, 1.54) is 26.4 Å². The van der Waals surface area contributed by atoms with Crippen LogP contribution in [0.1, 0.15) is 45.4 Å². The maximum absolute atomic E-state index is 11.7. The second kappa shape index (κ2) is 2.73. The van der Waals surface area contributed by atoms with Crippen molar-refractivity contribution in [2.24, 2.45) is 10.8 Å². The van der Waals surface area contributed by atoms with Crippen molar-refractivity contribution in [1.29, 1.82) is 0 Å². The van der Waals surface area contributed by atoms with Gasteiger partial charge in [0.2, 0.25) is 0 Å². The Hall–Kier alpha value is -0.530. The highest BCUT2D eigenvalue weighted by molar-refractivity contribution is 5.77. The SMILES string of the molecule is COC(=O)C12CCCC(C)(CC1)C2. The summed E-state index contributed by atoms with van der Waals surface area (Å²) in [4.78, 5) is 11.7. The summed E-state index contributed by atoms with van der Waals surface area (Å²) < 4.78 is 4.92. The normalized spacial score (nSPS) is 43.2. The van der Waals surface area contributed by atoms with Gasteiger partial charge < -0.3 is 4.74 Å². The van der Waals surface area contributed by atoms with E-state index in [0.29, 0.717) is 5.41 Å². The molecule has 2 atom stereocenters. The van der Waals surface area contributed by atoms with E-state index in [1.54, 1.807) is 0 Å². The second-order valence-electron chi connectivity index (χ2n) is 5.11. The molecule has 0 aromatic carbocycles. The Balaban J connectivity index is 2.21. The Kier molecular flexibility index (Phi) is 1.90. The standard InChI is InChI=1S/C11H18O2/c1-10-4-3-5-11(8-10,7-6-10)9(12)13-2/h3-8H2,1-2H3. The third-order valence-electron chi connectivity index (χ3n) is 4.03. The van der Waals surface area contributed by atoms with Crippen LogP contribution >= 0.6 is 0 Å². The van der Waals surface area contributed by atoms with E-state index in [1.807, 2.05) is 0 Å². The molecule has 2 saturated carbocycles. The molecule has 2 heteroatoms. The third-order valence-corrected chi connectivity index (χ3v) is 4.03. The molecule has 2 bridgehead atoms. The number of fused-ring (bicyclic) bond motifs is 2. The predicted molar refractivity (Wildman–Crippen MR) is 50.3 cm³/mol. The molecule has 2 fully saturated rings. The van der Waals surface area contributed by atoms with Gasteiger partial charge in [0.1, 0.15) is 0 Å². The molecule has 0 radical (unpaired) electrons. The highest BCUT2D eigenvalue weighted by atomic mass is 16.5. The lowest BCUT2D eigenvalue weighted by molar-refractivity contribution is -0.154. The molecule has 2 aliphatic rings. The topological polar surface area (TPSA) is 26.3 Å². The average Bonchev–Trinajstić information content (AvgIpc) is 2.37. The second-order valence-corrected chi connectivity index (χ2v) is 5.11. The molecular weight excluding hydrogens is 164 g/mol. The quantitative estimate of drug-likeness (QED) is 0.582. The maximum atomic E-state index is 11.7. The van der Waals surface area contributed by atoms with Gasteiger partial charge in [0, 0.05) is 0 Å². The molecule has 0 heterocycles. The zero-order valence-electron chi connectivity index (χ0n) is 8.56. The Morgan fingerprint density at radius 3 is 2.69 bits per heavy atom. The summed E-state index contributed by atoms with van der Waals surface area (Å²) in [5, 5.41) is 0. The number of carbonyl (C=O) groups excluding carboxylic acids is 1. The predicted octanol–water partition coefficient (Wildman–Crippen LogP) is 2.52. The summed E-state index contributed by atoms with van der Waals surface area (Å²) in [5.41, 5.74) is 0.341. The van der Waals surface area contributed by atoms with Gasteiger partial charge in [0.25, 0.3) is 0 Å². The lowest BCUT2D eigenvalue weighted by Gasteiger charge is -2.35. The molecule has 2 rings (SSSR count). The van der Waals surface area contributed by atoms with E-state index >= 15 is 0 Å². The molecule has 0 aromatic rings. The molecule has 2 aliphatic carbocycles. The first-order chi connectivity index (χ1) is 6.10. The van der Waals surface area contributed by atoms with Crippen molar-refractivity contribution in [2.75, 3.05) is 7.11 Å². The van der Waals surface area contributed by atoms with Gasteiger partial charge in [-0.15, -0.1) is 0 Å². The van der Waals surface area contributed by atoms with Gasteiger partial charge >= 0.3 is 5.97 Å². The van der Waals surface area contributed by atoms with Crippen LogP contribution in [-0.2, 0) is 9.53 Å². The minimum atomic E-state index is -0.0955. The minimum Gasteiger partial charge on any atom is -0.469 e. The van der Waals surface area contributed by atoms with Gasteiger partial charge in [-0.2, -0.15) is 0 Å². The summed E-state index contributed by atoms with van der Waals surface area (Å²) in [6.07, 6.45) is 6.87. The van der Waals surface area contributed by atoms with Crippen molar-refractivity contribution in [3.63, 3.8) is 0 Å². The van der Waals surface area contributed by atoms with E-state index < -0.39 is 0 Å². The van der Waals surface area contributed by atoms with E-state index in [2.05, 4.69) is 6.92 Å². The fourth-order valence-electron chi connectivity index (χ4n) is 3.31. The van der Waals surface area contributed by atoms with Crippen LogP contribution in [0.25, 0.3) is 0 Å². The van der Waals surface area contributed by atoms with Crippen LogP contribution < -0.4 is 0 Å². The molecule has 74 valence electrons. The molecule has 0 amide bonds. The minimum absolute atomic E-state index is 0.0379. The number of esters is 1. The zero-order valence-corrected chi connectivity index (χ0v) is 8.56. The van der Waals surface area contributed by atoms with Gasteiger partial charge in [-0.1, -0.05) is 13.3 Å². The largest absolute Gasteiger partial charge is 0.469 e. The molecular formula is C11H18O2. The third kappa shape index (κ3) is 1.27. The van der Waals surface area contributed by atoms with Crippen LogP contribution in [0, 0.1) is 10.8 Å². The molecule has 13 heavy (non-hydrogen) atoms. The van der Waals surface area contributed by atoms with Crippen molar-refractivity contribution in [3.8, 4) is 0 Å². The monoisotopic (exact) mass is 182 g/mol. The summed E-state index contributed by atoms with van der Waals surface area (Å²) >= 11 is 0. The van der Waals surface area contributed by atoms with Crippen LogP contribution in [0.4, 0.5) is 0 Å². The van der Waals surface area contributed by atoms with Crippen molar-refractivity contribution < 1.29 is 9.53 Å². The highest BCUT2D eigenvalue weighted by Gasteiger charge is 2.53. The van der Waals surface area contributed by atoms with E-state index in [4.69, 9.17) is 4.74 Å². The molecule has 0 N–H and O–H groups in total. The number of ether oxygens (including phenoxy) is 1. The smallest absolute Gasteiger partial charge is 0.311 e. The number of hydrogen-bond donors (Lipinski definition) is 0. The summed E-state index contributed by atoms with van der Waals surface area (Å²) in [6.45, 7) is 2.32. The van der Waals surface area contributed by atoms with Crippen molar-refractivity contribution in [3.05, 3.63) is 0 Å². The summed E-state index contributed by atoms with van der Waals surface area (Å²) in [7, 11) is 1.52. The number of carbonyl (C=O) groups is 1. The van der Waals surface area contributed by atoms with E-state index in [-0.39, 0.29) is 11.4 Å². The first-order valence-electron chi connectivity index (χ1n) is 5.19. The molecule has 0 aromatic heterocycles. The summed E-state index contributed by atoms with van der Waals surface area (Å²) in [6, 6.07) is 0. The van der Waals surface area contributed by atoms with E-state index in [9.17, 15) is 4.79 Å². The zero-order chi connectivity index (χ0) is 9.53. The van der Waals surface area contributed by atoms with Crippen molar-refractivity contribution >= 4 is 5.97 Å². The Labute approximate surface area is 79.7 Å². The molecule has 0 spiro atoms. The lowest BCUT2D eigenvalue weighted by atomic mass is 9.70. The first-order valence-corrected chi connectivity index (χ1v) is 5.19. The molecule has 2 unspecified atom stereocenters. The van der Waals surface area contributed by atoms with Crippen LogP contribution in [-0.4, -0.2) is 13.1 Å². The van der Waals surface area contributed by atoms with Gasteiger partial charge in [-0.3, -0.25) is 4.79 Å². The van der Waals surface area contributed by atoms with Gasteiger partial charge in [-0.05, 0) is 37.5 Å². The fraction of sp³-hybridized carbons (Fsp3) is 0.909. The van der Waals surface area contributed by atoms with Crippen molar-refractivity contribution in [1.82, 2.24) is 0 Å². The van der Waals surface area contributed by atoms with Crippen LogP contribution in [0.5, 0.6) is 0 Å². The fourth-order valence-corrected chi connectivity index (χ4v) is 3.31.